The van der Waals surface area contributed by atoms with Crippen LogP contribution in [0.15, 0.2) is 42.6 Å². The molecule has 130 valence electrons. The van der Waals surface area contributed by atoms with Crippen molar-refractivity contribution in [3.05, 3.63) is 59.8 Å². The lowest BCUT2D eigenvalue weighted by atomic mass is 10.1. The van der Waals surface area contributed by atoms with Crippen LogP contribution < -0.4 is 15.5 Å². The molecule has 0 saturated heterocycles. The molecule has 0 bridgehead atoms. The molecule has 0 radical (unpaired) electrons. The number of carbonyl (C=O) groups excluding carboxylic acids is 1. The Morgan fingerprint density at radius 2 is 1.88 bits per heavy atom. The van der Waals surface area contributed by atoms with E-state index in [0.29, 0.717) is 30.2 Å². The number of nitrogens with zero attached hydrogens (tertiary/aromatic N) is 1. The second kappa shape index (κ2) is 6.93. The van der Waals surface area contributed by atoms with Gasteiger partial charge in [-0.1, -0.05) is 6.07 Å². The van der Waals surface area contributed by atoms with E-state index < -0.39 is 11.7 Å². The highest BCUT2D eigenvalue weighted by molar-refractivity contribution is 6.31. The van der Waals surface area contributed by atoms with Crippen LogP contribution in [0.2, 0.25) is 0 Å². The molecule has 3 rings (SSSR count). The van der Waals surface area contributed by atoms with Crippen molar-refractivity contribution in [1.29, 1.82) is 0 Å². The molecule has 0 spiro atoms. The quantitative estimate of drug-likeness (QED) is 0.799. The van der Waals surface area contributed by atoms with Gasteiger partial charge in [0, 0.05) is 30.5 Å². The lowest BCUT2D eigenvalue weighted by Crippen LogP contribution is -2.22. The summed E-state index contributed by atoms with van der Waals surface area (Å²) in [6.07, 6.45) is 1.40. The van der Waals surface area contributed by atoms with Crippen LogP contribution in [0.1, 0.15) is 19.4 Å². The van der Waals surface area contributed by atoms with E-state index in [1.807, 2.05) is 18.7 Å². The van der Waals surface area contributed by atoms with Gasteiger partial charge < -0.3 is 15.5 Å². The number of rotatable bonds is 5. The maximum absolute atomic E-state index is 14.3. The normalized spacial score (nSPS) is 14.4. The van der Waals surface area contributed by atoms with Crippen LogP contribution in [0.5, 0.6) is 0 Å². The van der Waals surface area contributed by atoms with Gasteiger partial charge in [-0.25, -0.2) is 8.78 Å². The monoisotopic (exact) mass is 343 g/mol. The zero-order chi connectivity index (χ0) is 18.0. The van der Waals surface area contributed by atoms with Gasteiger partial charge in [-0.3, -0.25) is 4.79 Å². The third-order valence-electron chi connectivity index (χ3n) is 4.21. The van der Waals surface area contributed by atoms with Gasteiger partial charge in [0.05, 0.1) is 16.9 Å². The minimum absolute atomic E-state index is 0.182. The maximum Gasteiger partial charge on any atom is 0.257 e. The summed E-state index contributed by atoms with van der Waals surface area (Å²) in [5.74, 6) is -1.23. The van der Waals surface area contributed by atoms with Gasteiger partial charge in [0.2, 0.25) is 0 Å². The number of hydrogen-bond donors (Lipinski definition) is 2. The van der Waals surface area contributed by atoms with Crippen LogP contribution in [0.3, 0.4) is 0 Å². The summed E-state index contributed by atoms with van der Waals surface area (Å²) in [6, 6.07) is 9.24. The highest BCUT2D eigenvalue weighted by Crippen LogP contribution is 2.33. The number of benzene rings is 2. The van der Waals surface area contributed by atoms with Gasteiger partial charge in [-0.15, -0.1) is 0 Å². The first-order chi connectivity index (χ1) is 12.0. The average molecular weight is 343 g/mol. The second-order valence-electron chi connectivity index (χ2n) is 5.66. The zero-order valence-corrected chi connectivity index (χ0v) is 14.1. The lowest BCUT2D eigenvalue weighted by molar-refractivity contribution is -0.110. The third-order valence-corrected chi connectivity index (χ3v) is 4.21. The second-order valence-corrected chi connectivity index (χ2v) is 5.66. The Morgan fingerprint density at radius 3 is 2.56 bits per heavy atom. The fraction of sp³-hybridized carbons (Fsp3) is 0.211. The first-order valence-corrected chi connectivity index (χ1v) is 8.16. The molecule has 0 aromatic heterocycles. The van der Waals surface area contributed by atoms with Gasteiger partial charge in [0.1, 0.15) is 11.6 Å². The molecular formula is C19H19F2N3O. The molecular weight excluding hydrogens is 324 g/mol. The Bertz CT molecular complexity index is 845. The predicted octanol–water partition coefficient (Wildman–Crippen LogP) is 4.22. The van der Waals surface area contributed by atoms with Gasteiger partial charge in [0.15, 0.2) is 0 Å². The molecule has 2 N–H and O–H groups in total. The molecule has 6 heteroatoms. The fourth-order valence-electron chi connectivity index (χ4n) is 2.92. The summed E-state index contributed by atoms with van der Waals surface area (Å²) in [4.78, 5) is 13.9. The third kappa shape index (κ3) is 3.20. The molecule has 1 amide bonds. The summed E-state index contributed by atoms with van der Waals surface area (Å²) < 4.78 is 28.3. The molecule has 2 aromatic carbocycles. The molecule has 0 fully saturated rings. The van der Waals surface area contributed by atoms with E-state index >= 15 is 0 Å². The van der Waals surface area contributed by atoms with Crippen molar-refractivity contribution < 1.29 is 13.6 Å². The molecule has 0 saturated carbocycles. The summed E-state index contributed by atoms with van der Waals surface area (Å²) >= 11 is 0. The summed E-state index contributed by atoms with van der Waals surface area (Å²) in [5.41, 5.74) is 1.85. The van der Waals surface area contributed by atoms with Crippen molar-refractivity contribution in [3.8, 4) is 0 Å². The van der Waals surface area contributed by atoms with E-state index in [9.17, 15) is 13.6 Å². The van der Waals surface area contributed by atoms with Crippen LogP contribution in [0.4, 0.5) is 25.8 Å². The van der Waals surface area contributed by atoms with Gasteiger partial charge in [-0.2, -0.15) is 0 Å². The van der Waals surface area contributed by atoms with Crippen LogP contribution in [-0.4, -0.2) is 19.0 Å². The largest absolute Gasteiger partial charge is 0.370 e. The predicted molar refractivity (Wildman–Crippen MR) is 96.6 cm³/mol. The van der Waals surface area contributed by atoms with Crippen molar-refractivity contribution >= 4 is 28.5 Å². The highest BCUT2D eigenvalue weighted by Gasteiger charge is 2.27. The van der Waals surface area contributed by atoms with Crippen LogP contribution in [0, 0.1) is 11.6 Å². The Kier molecular flexibility index (Phi) is 4.70. The molecule has 0 unspecified atom stereocenters. The topological polar surface area (TPSA) is 44.4 Å². The van der Waals surface area contributed by atoms with Crippen molar-refractivity contribution in [3.63, 3.8) is 0 Å². The minimum Gasteiger partial charge on any atom is -0.370 e. The van der Waals surface area contributed by atoms with Gasteiger partial charge >= 0.3 is 0 Å². The number of halogens is 2. The molecule has 4 nitrogen and oxygen atoms in total. The SMILES string of the molecule is CCN(CC)c1ccc(NC=C2C(=O)Nc3cccc(F)c32)cc1F. The number of carbonyl (C=O) groups is 1. The van der Waals surface area contributed by atoms with E-state index in [-0.39, 0.29) is 17.0 Å². The molecule has 0 atom stereocenters. The molecule has 1 heterocycles. The van der Waals surface area contributed by atoms with Crippen LogP contribution in [-0.2, 0) is 4.79 Å². The van der Waals surface area contributed by atoms with Gasteiger partial charge in [0.25, 0.3) is 5.91 Å². The van der Waals surface area contributed by atoms with E-state index in [4.69, 9.17) is 0 Å². The summed E-state index contributed by atoms with van der Waals surface area (Å²) in [7, 11) is 0. The number of amides is 1. The fourth-order valence-corrected chi connectivity index (χ4v) is 2.92. The molecule has 0 aliphatic carbocycles. The Balaban J connectivity index is 1.86. The lowest BCUT2D eigenvalue weighted by Gasteiger charge is -2.21. The number of nitrogens with one attached hydrogen (secondary N) is 2. The average Bonchev–Trinajstić information content (AvgIpc) is 2.92. The Morgan fingerprint density at radius 1 is 1.12 bits per heavy atom. The van der Waals surface area contributed by atoms with Crippen molar-refractivity contribution in [2.24, 2.45) is 0 Å². The Hall–Kier alpha value is -2.89. The maximum atomic E-state index is 14.3. The van der Waals surface area contributed by atoms with E-state index in [1.165, 1.54) is 24.4 Å². The zero-order valence-electron chi connectivity index (χ0n) is 14.1. The molecule has 25 heavy (non-hydrogen) atoms. The molecule has 2 aromatic rings. The van der Waals surface area contributed by atoms with Crippen LogP contribution in [0.25, 0.3) is 5.57 Å². The number of fused-ring (bicyclic) bond motifs is 1. The summed E-state index contributed by atoms with van der Waals surface area (Å²) in [6.45, 7) is 5.34. The highest BCUT2D eigenvalue weighted by atomic mass is 19.1. The number of anilines is 3. The summed E-state index contributed by atoms with van der Waals surface area (Å²) in [5, 5.41) is 5.49. The minimum atomic E-state index is -0.480. The van der Waals surface area contributed by atoms with E-state index in [2.05, 4.69) is 10.6 Å². The van der Waals surface area contributed by atoms with E-state index in [1.54, 1.807) is 18.2 Å². The van der Waals surface area contributed by atoms with Crippen LogP contribution >= 0.6 is 0 Å². The standard InChI is InChI=1S/C19H19F2N3O/c1-3-24(4-2)17-9-8-12(10-15(17)21)22-11-13-18-14(20)6-5-7-16(18)23-19(13)25/h5-11,22H,3-4H2,1-2H3,(H,23,25). The first kappa shape index (κ1) is 17.0. The smallest absolute Gasteiger partial charge is 0.257 e. The number of hydrogen-bond acceptors (Lipinski definition) is 3. The first-order valence-electron chi connectivity index (χ1n) is 8.16. The molecule has 1 aliphatic heterocycles. The van der Waals surface area contributed by atoms with Crippen molar-refractivity contribution in [2.45, 2.75) is 13.8 Å². The van der Waals surface area contributed by atoms with E-state index in [0.717, 1.165) is 0 Å². The van der Waals surface area contributed by atoms with Crippen molar-refractivity contribution in [1.82, 2.24) is 0 Å². The van der Waals surface area contributed by atoms with Crippen molar-refractivity contribution in [2.75, 3.05) is 28.6 Å². The Labute approximate surface area is 145 Å². The molecule has 1 aliphatic rings. The van der Waals surface area contributed by atoms with Gasteiger partial charge in [-0.05, 0) is 44.2 Å².